The molecule has 212 valence electrons. The van der Waals surface area contributed by atoms with Crippen molar-refractivity contribution in [1.82, 2.24) is 9.99 Å². The van der Waals surface area contributed by atoms with Gasteiger partial charge in [-0.3, -0.25) is 9.59 Å². The number of fused-ring (bicyclic) bond motifs is 1. The first-order valence-electron chi connectivity index (χ1n) is 13.1. The van der Waals surface area contributed by atoms with Gasteiger partial charge in [0.2, 0.25) is 5.75 Å². The van der Waals surface area contributed by atoms with Crippen molar-refractivity contribution < 1.29 is 23.4 Å². The van der Waals surface area contributed by atoms with Gasteiger partial charge in [-0.1, -0.05) is 46.3 Å². The number of hydrazone groups is 1. The molecule has 9 nitrogen and oxygen atoms in total. The summed E-state index contributed by atoms with van der Waals surface area (Å²) in [5.74, 6) is 1.15. The number of carbonyl (C=O) groups excluding carboxylic acids is 1. The minimum absolute atomic E-state index is 0.256. The van der Waals surface area contributed by atoms with E-state index in [4.69, 9.17) is 23.7 Å². The molecule has 0 spiro atoms. The van der Waals surface area contributed by atoms with Crippen molar-refractivity contribution in [2.75, 3.05) is 21.3 Å². The minimum Gasteiger partial charge on any atom is -0.493 e. The van der Waals surface area contributed by atoms with Gasteiger partial charge in [0.25, 0.3) is 11.5 Å². The van der Waals surface area contributed by atoms with E-state index in [1.54, 1.807) is 30.5 Å². The molecule has 2 aromatic heterocycles. The van der Waals surface area contributed by atoms with Gasteiger partial charge in [0, 0.05) is 32.9 Å². The van der Waals surface area contributed by atoms with E-state index in [9.17, 15) is 9.59 Å². The number of rotatable bonds is 7. The van der Waals surface area contributed by atoms with Crippen LogP contribution >= 0.6 is 15.9 Å². The first-order valence-corrected chi connectivity index (χ1v) is 13.9. The Balaban J connectivity index is 1.55. The summed E-state index contributed by atoms with van der Waals surface area (Å²) in [6, 6.07) is 21.5. The third-order valence-corrected chi connectivity index (χ3v) is 7.72. The van der Waals surface area contributed by atoms with Crippen LogP contribution in [-0.4, -0.2) is 42.9 Å². The maximum atomic E-state index is 14.1. The molecule has 1 atom stereocenters. The van der Waals surface area contributed by atoms with Crippen LogP contribution in [-0.2, 0) is 0 Å². The lowest BCUT2D eigenvalue weighted by Crippen LogP contribution is -2.27. The number of benzene rings is 3. The maximum absolute atomic E-state index is 14.1. The van der Waals surface area contributed by atoms with Gasteiger partial charge in [-0.2, -0.15) is 5.10 Å². The van der Waals surface area contributed by atoms with Crippen LogP contribution in [0.25, 0.3) is 22.0 Å². The monoisotopic (exact) mass is 627 g/mol. The van der Waals surface area contributed by atoms with Crippen LogP contribution in [0.2, 0.25) is 0 Å². The predicted octanol–water partition coefficient (Wildman–Crippen LogP) is 6.57. The molecule has 0 saturated carbocycles. The first kappa shape index (κ1) is 27.3. The summed E-state index contributed by atoms with van der Waals surface area (Å²) in [6.45, 7) is 0. The van der Waals surface area contributed by atoms with Crippen LogP contribution < -0.4 is 19.8 Å². The molecular formula is C32H26BrN3O6. The second kappa shape index (κ2) is 11.2. The SMILES string of the molecule is COc1cc(C(=O)N2N=C(c3c(-c4ccccc4)c4cc(Br)ccc4[nH]c3=O)CC2c2ccco2)cc(OC)c1OC. The van der Waals surface area contributed by atoms with Gasteiger partial charge in [-0.05, 0) is 48.0 Å². The van der Waals surface area contributed by atoms with Crippen molar-refractivity contribution in [3.8, 4) is 28.4 Å². The molecule has 0 aliphatic carbocycles. The van der Waals surface area contributed by atoms with Gasteiger partial charge < -0.3 is 23.6 Å². The van der Waals surface area contributed by atoms with Crippen LogP contribution in [0, 0.1) is 0 Å². The number of nitrogens with one attached hydrogen (secondary N) is 1. The Morgan fingerprint density at radius 2 is 1.69 bits per heavy atom. The smallest absolute Gasteiger partial charge is 0.274 e. The number of nitrogens with zero attached hydrogens (tertiary/aromatic N) is 2. The van der Waals surface area contributed by atoms with E-state index in [1.165, 1.54) is 26.3 Å². The van der Waals surface area contributed by atoms with Crippen molar-refractivity contribution in [3.05, 3.63) is 111 Å². The average molecular weight is 628 g/mol. The number of pyridine rings is 1. The maximum Gasteiger partial charge on any atom is 0.274 e. The van der Waals surface area contributed by atoms with Crippen LogP contribution in [0.3, 0.4) is 0 Å². The van der Waals surface area contributed by atoms with Crippen LogP contribution in [0.4, 0.5) is 0 Å². The summed E-state index contributed by atoms with van der Waals surface area (Å²) in [7, 11) is 4.47. The summed E-state index contributed by atoms with van der Waals surface area (Å²) in [4.78, 5) is 30.9. The van der Waals surface area contributed by atoms with Crippen LogP contribution in [0.5, 0.6) is 17.2 Å². The molecule has 0 bridgehead atoms. The fourth-order valence-corrected chi connectivity index (χ4v) is 5.69. The van der Waals surface area contributed by atoms with Crippen molar-refractivity contribution in [2.45, 2.75) is 12.5 Å². The van der Waals surface area contributed by atoms with E-state index in [2.05, 4.69) is 20.9 Å². The third-order valence-electron chi connectivity index (χ3n) is 7.23. The number of amides is 1. The number of carbonyl (C=O) groups is 1. The topological polar surface area (TPSA) is 106 Å². The number of aromatic nitrogens is 1. The number of aromatic amines is 1. The number of methoxy groups -OCH3 is 3. The quantitative estimate of drug-likeness (QED) is 0.219. The summed E-state index contributed by atoms with van der Waals surface area (Å²) in [6.07, 6.45) is 1.80. The zero-order valence-electron chi connectivity index (χ0n) is 23.0. The van der Waals surface area contributed by atoms with Crippen molar-refractivity contribution in [3.63, 3.8) is 0 Å². The van der Waals surface area contributed by atoms with E-state index in [1.807, 2.05) is 48.5 Å². The normalized spacial score (nSPS) is 14.6. The molecule has 3 aromatic carbocycles. The van der Waals surface area contributed by atoms with Crippen molar-refractivity contribution in [1.29, 1.82) is 0 Å². The van der Waals surface area contributed by atoms with Crippen molar-refractivity contribution >= 4 is 38.5 Å². The molecule has 0 fully saturated rings. The predicted molar refractivity (Wildman–Crippen MR) is 163 cm³/mol. The van der Waals surface area contributed by atoms with Crippen LogP contribution in [0.15, 0.2) is 97.8 Å². The molecule has 3 heterocycles. The van der Waals surface area contributed by atoms with E-state index in [0.29, 0.717) is 39.8 Å². The summed E-state index contributed by atoms with van der Waals surface area (Å²) < 4.78 is 23.0. The van der Waals surface area contributed by atoms with E-state index in [0.717, 1.165) is 21.0 Å². The molecule has 0 saturated heterocycles. The summed E-state index contributed by atoms with van der Waals surface area (Å²) in [5.41, 5.74) is 3.09. The zero-order valence-corrected chi connectivity index (χ0v) is 24.6. The van der Waals surface area contributed by atoms with Gasteiger partial charge in [0.05, 0.1) is 38.9 Å². The molecule has 5 aromatic rings. The zero-order chi connectivity index (χ0) is 29.4. The molecular weight excluding hydrogens is 602 g/mol. The Hall–Kier alpha value is -4.83. The van der Waals surface area contributed by atoms with Gasteiger partial charge in [0.1, 0.15) is 11.8 Å². The third kappa shape index (κ3) is 4.73. The van der Waals surface area contributed by atoms with Gasteiger partial charge in [-0.25, -0.2) is 5.01 Å². The fourth-order valence-electron chi connectivity index (χ4n) is 5.33. The summed E-state index contributed by atoms with van der Waals surface area (Å²) in [5, 5.41) is 7.00. The molecule has 42 heavy (non-hydrogen) atoms. The van der Waals surface area contributed by atoms with Gasteiger partial charge in [-0.15, -0.1) is 0 Å². The Morgan fingerprint density at radius 3 is 2.33 bits per heavy atom. The van der Waals surface area contributed by atoms with Crippen LogP contribution in [0.1, 0.15) is 34.1 Å². The highest BCUT2D eigenvalue weighted by atomic mass is 79.9. The standard InChI is InChI=1S/C32H26BrN3O6/c1-39-26-14-19(15-27(40-2)30(26)41-3)32(38)36-24(25-10-7-13-42-25)17-23(35-36)29-28(18-8-5-4-6-9-18)21-16-20(33)11-12-22(21)34-31(29)37/h4-16,24H,17H2,1-3H3,(H,34,37). The summed E-state index contributed by atoms with van der Waals surface area (Å²) >= 11 is 3.57. The molecule has 6 rings (SSSR count). The minimum atomic E-state index is -0.595. The highest BCUT2D eigenvalue weighted by Gasteiger charge is 2.38. The fraction of sp³-hybridized carbons (Fsp3) is 0.156. The number of ether oxygens (including phenoxy) is 3. The lowest BCUT2D eigenvalue weighted by atomic mass is 9.92. The number of hydrogen-bond donors (Lipinski definition) is 1. The highest BCUT2D eigenvalue weighted by molar-refractivity contribution is 9.10. The second-order valence-electron chi connectivity index (χ2n) is 9.61. The van der Waals surface area contributed by atoms with E-state index >= 15 is 0 Å². The molecule has 0 radical (unpaired) electrons. The number of furan rings is 1. The van der Waals surface area contributed by atoms with E-state index < -0.39 is 11.9 Å². The average Bonchev–Trinajstić information content (AvgIpc) is 3.70. The Bertz CT molecular complexity index is 1860. The Labute approximate surface area is 249 Å². The molecule has 1 aliphatic heterocycles. The Morgan fingerprint density at radius 1 is 0.952 bits per heavy atom. The highest BCUT2D eigenvalue weighted by Crippen LogP contribution is 2.41. The number of hydrogen-bond acceptors (Lipinski definition) is 7. The molecule has 1 amide bonds. The lowest BCUT2D eigenvalue weighted by molar-refractivity contribution is 0.0692. The van der Waals surface area contributed by atoms with Crippen molar-refractivity contribution in [2.24, 2.45) is 5.10 Å². The second-order valence-corrected chi connectivity index (χ2v) is 10.5. The number of H-pyrrole nitrogens is 1. The van der Waals surface area contributed by atoms with Gasteiger partial charge >= 0.3 is 0 Å². The molecule has 1 unspecified atom stereocenters. The largest absolute Gasteiger partial charge is 0.493 e. The molecule has 1 aliphatic rings. The van der Waals surface area contributed by atoms with Gasteiger partial charge in [0.15, 0.2) is 11.5 Å². The Kier molecular flexibility index (Phi) is 7.30. The number of halogens is 1. The first-order chi connectivity index (χ1) is 20.4. The van der Waals surface area contributed by atoms with E-state index in [-0.39, 0.29) is 17.5 Å². The lowest BCUT2D eigenvalue weighted by Gasteiger charge is -2.21. The molecule has 1 N–H and O–H groups in total. The molecule has 10 heteroatoms.